The summed E-state index contributed by atoms with van der Waals surface area (Å²) in [4.78, 5) is 11.6. The maximum absolute atomic E-state index is 12.1. The van der Waals surface area contributed by atoms with Gasteiger partial charge in [0.25, 0.3) is 16.9 Å². The van der Waals surface area contributed by atoms with Crippen LogP contribution in [0.4, 0.5) is 0 Å². The summed E-state index contributed by atoms with van der Waals surface area (Å²) in [6.07, 6.45) is 0.536. The quantitative estimate of drug-likeness (QED) is 0.407. The number of carbonyl (C=O) groups is 1. The smallest absolute Gasteiger partial charge is 0.279 e. The molecule has 2 atom stereocenters. The van der Waals surface area contributed by atoms with Crippen molar-refractivity contribution in [3.8, 4) is 0 Å². The topological polar surface area (TPSA) is 140 Å². The van der Waals surface area contributed by atoms with Crippen LogP contribution in [0.5, 0.6) is 0 Å². The first-order valence-corrected chi connectivity index (χ1v) is 4.99. The van der Waals surface area contributed by atoms with Crippen LogP contribution in [-0.4, -0.2) is 26.6 Å². The molecule has 0 bridgehead atoms. The lowest BCUT2D eigenvalue weighted by atomic mass is 9.72. The van der Waals surface area contributed by atoms with Crippen LogP contribution in [0.25, 0.3) is 0 Å². The third kappa shape index (κ3) is 1.77. The Bertz CT molecular complexity index is 361. The molecule has 9 heteroatoms. The maximum Gasteiger partial charge on any atom is 0.279 e. The molecule has 0 aromatic heterocycles. The van der Waals surface area contributed by atoms with Crippen molar-refractivity contribution in [2.75, 3.05) is 0 Å². The van der Waals surface area contributed by atoms with Crippen molar-refractivity contribution in [3.05, 3.63) is 20.8 Å². The molecule has 1 rings (SSSR count). The molecule has 0 spiro atoms. The van der Waals surface area contributed by atoms with Gasteiger partial charge < -0.3 is 20.8 Å². The molecule has 0 unspecified atom stereocenters. The highest BCUT2D eigenvalue weighted by molar-refractivity contribution is 5.94. The summed E-state index contributed by atoms with van der Waals surface area (Å²) >= 11 is 0. The Morgan fingerprint density at radius 2 is 1.41 bits per heavy atom. The number of hydroxylamine groups is 2. The molecule has 0 amide bonds. The van der Waals surface area contributed by atoms with E-state index in [9.17, 15) is 25.6 Å². The third-order valence-corrected chi connectivity index (χ3v) is 3.30. The van der Waals surface area contributed by atoms with Gasteiger partial charge in [-0.25, -0.2) is 0 Å². The molecule has 96 valence electrons. The highest BCUT2D eigenvalue weighted by Crippen LogP contribution is 2.36. The van der Waals surface area contributed by atoms with Gasteiger partial charge in [0.1, 0.15) is 0 Å². The van der Waals surface area contributed by atoms with E-state index in [-0.39, 0.29) is 22.6 Å². The average Bonchev–Trinajstić information content (AvgIpc) is 2.33. The van der Waals surface area contributed by atoms with Gasteiger partial charge in [-0.1, -0.05) is 9.72 Å². The molecule has 0 aliphatic heterocycles. The molecule has 0 aromatic rings. The number of hydrogen-bond acceptors (Lipinski definition) is 7. The summed E-state index contributed by atoms with van der Waals surface area (Å²) in [7, 11) is 0. The van der Waals surface area contributed by atoms with E-state index in [1.165, 1.54) is 13.8 Å². The highest BCUT2D eigenvalue weighted by Gasteiger charge is 2.60. The van der Waals surface area contributed by atoms with Crippen LogP contribution >= 0.6 is 0 Å². The molecule has 0 N–H and O–H groups in total. The molecule has 1 saturated carbocycles. The van der Waals surface area contributed by atoms with E-state index in [0.29, 0.717) is 6.42 Å². The van der Waals surface area contributed by atoms with Crippen LogP contribution in [0.3, 0.4) is 0 Å². The Balaban J connectivity index is 3.22. The Morgan fingerprint density at radius 3 is 1.71 bits per heavy atom. The molecule has 1 fully saturated rings. The molecular weight excluding hydrogens is 232 g/mol. The lowest BCUT2D eigenvalue weighted by Gasteiger charge is -2.36. The van der Waals surface area contributed by atoms with Gasteiger partial charge in [0.2, 0.25) is 0 Å². The summed E-state index contributed by atoms with van der Waals surface area (Å²) in [6.45, 7) is 2.44. The average molecular weight is 244 g/mol. The number of rotatable bonds is 2. The monoisotopic (exact) mass is 244 g/mol. The molecule has 0 aromatic carbocycles. The van der Waals surface area contributed by atoms with Gasteiger partial charge in [0.15, 0.2) is 0 Å². The first kappa shape index (κ1) is 13.1. The number of carbonyl (C=O) groups excluding carboxylic acids is 1. The van der Waals surface area contributed by atoms with Gasteiger partial charge in [-0.05, 0) is 17.0 Å². The normalized spacial score (nSPS) is 36.0. The van der Waals surface area contributed by atoms with Gasteiger partial charge in [0, 0.05) is 26.7 Å². The van der Waals surface area contributed by atoms with Crippen molar-refractivity contribution < 1.29 is 14.5 Å². The Labute approximate surface area is 96.8 Å². The fraction of sp³-hybridized carbons (Fsp3) is 0.875. The summed E-state index contributed by atoms with van der Waals surface area (Å²) in [5.74, 6) is -0.819. The van der Waals surface area contributed by atoms with Crippen molar-refractivity contribution in [2.24, 2.45) is 10.6 Å². The zero-order chi connectivity index (χ0) is 13.3. The second kappa shape index (κ2) is 4.15. The third-order valence-electron chi connectivity index (χ3n) is 3.30. The summed E-state index contributed by atoms with van der Waals surface area (Å²) in [6, 6.07) is 0. The van der Waals surface area contributed by atoms with Crippen LogP contribution < -0.4 is 0 Å². The molecule has 1 aliphatic rings. The van der Waals surface area contributed by atoms with E-state index in [1.807, 2.05) is 0 Å². The van der Waals surface area contributed by atoms with Gasteiger partial charge >= 0.3 is 0 Å². The van der Waals surface area contributed by atoms with Crippen LogP contribution in [-0.2, 0) is 4.79 Å². The first-order valence-electron chi connectivity index (χ1n) is 4.99. The SMILES string of the molecule is C[C@@]1(/[N+]([O-])=N/[O-])CCC[C@@](C)(/[N+]([O-])=N/[O-])C1=O. The second-order valence-electron chi connectivity index (χ2n) is 4.44. The minimum atomic E-state index is -1.72. The van der Waals surface area contributed by atoms with E-state index in [0.717, 1.165) is 0 Å². The lowest BCUT2D eigenvalue weighted by molar-refractivity contribution is -0.620. The van der Waals surface area contributed by atoms with E-state index in [2.05, 4.69) is 10.6 Å². The van der Waals surface area contributed by atoms with Crippen LogP contribution in [0, 0.1) is 20.8 Å². The van der Waals surface area contributed by atoms with E-state index in [1.54, 1.807) is 0 Å². The highest BCUT2D eigenvalue weighted by atomic mass is 16.6. The van der Waals surface area contributed by atoms with Crippen LogP contribution in [0.15, 0.2) is 10.6 Å². The van der Waals surface area contributed by atoms with Crippen LogP contribution in [0.1, 0.15) is 33.1 Å². The molecule has 0 heterocycles. The zero-order valence-electron chi connectivity index (χ0n) is 9.45. The fourth-order valence-corrected chi connectivity index (χ4v) is 2.13. The van der Waals surface area contributed by atoms with E-state index in [4.69, 9.17) is 0 Å². The van der Waals surface area contributed by atoms with Crippen molar-refractivity contribution >= 4 is 5.78 Å². The molecule has 0 radical (unpaired) electrons. The van der Waals surface area contributed by atoms with Gasteiger partial charge in [-0.2, -0.15) is 0 Å². The van der Waals surface area contributed by atoms with Crippen molar-refractivity contribution in [3.63, 3.8) is 0 Å². The first-order chi connectivity index (χ1) is 7.82. The largest absolute Gasteiger partial charge is 0.739 e. The minimum Gasteiger partial charge on any atom is -0.739 e. The number of ketones is 1. The summed E-state index contributed by atoms with van der Waals surface area (Å²) < 4.78 is 0. The Hall–Kier alpha value is -1.93. The Morgan fingerprint density at radius 1 is 1.06 bits per heavy atom. The molecule has 1 aliphatic carbocycles. The summed E-state index contributed by atoms with van der Waals surface area (Å²) in [5.41, 5.74) is -3.44. The fourth-order valence-electron chi connectivity index (χ4n) is 2.13. The van der Waals surface area contributed by atoms with Gasteiger partial charge in [-0.15, -0.1) is 0 Å². The van der Waals surface area contributed by atoms with E-state index < -0.39 is 16.9 Å². The molecule has 17 heavy (non-hydrogen) atoms. The molecular formula is C8H12N4O5-2. The van der Waals surface area contributed by atoms with Crippen LogP contribution in [0.2, 0.25) is 0 Å². The van der Waals surface area contributed by atoms with Gasteiger partial charge in [0.05, 0.1) is 0 Å². The lowest BCUT2D eigenvalue weighted by Crippen LogP contribution is -2.60. The molecule has 0 saturated heterocycles. The number of nitrogens with zero attached hydrogens (tertiary/aromatic N) is 4. The predicted octanol–water partition coefficient (Wildman–Crippen LogP) is 1.18. The number of Topliss-reactive ketones (excluding diaryl/α,β-unsaturated/α-hetero) is 1. The van der Waals surface area contributed by atoms with Crippen molar-refractivity contribution in [1.29, 1.82) is 0 Å². The summed E-state index contributed by atoms with van der Waals surface area (Å²) in [5, 5.41) is 47.4. The molecule has 9 nitrogen and oxygen atoms in total. The second-order valence-corrected chi connectivity index (χ2v) is 4.44. The Kier molecular flexibility index (Phi) is 3.21. The zero-order valence-corrected chi connectivity index (χ0v) is 9.45. The minimum absolute atomic E-state index is 0.101. The number of hydrogen-bond donors (Lipinski definition) is 0. The van der Waals surface area contributed by atoms with Crippen molar-refractivity contribution in [2.45, 2.75) is 44.2 Å². The predicted molar refractivity (Wildman–Crippen MR) is 54.5 cm³/mol. The maximum atomic E-state index is 12.1. The van der Waals surface area contributed by atoms with E-state index >= 15 is 0 Å². The van der Waals surface area contributed by atoms with Gasteiger partial charge in [-0.3, -0.25) is 4.79 Å². The van der Waals surface area contributed by atoms with Crippen molar-refractivity contribution in [1.82, 2.24) is 0 Å². The standard InChI is InChI=1S/C8H14N4O5/c1-7(11(16)9-14)4-3-5-8(2,6(7)13)12(17)10-15/h14-15H,3-5H2,1-2H3/p-2/b11-9-,12-10-/t7-,8-/m1/s1.